The highest BCUT2D eigenvalue weighted by Crippen LogP contribution is 2.36. The fourth-order valence-electron chi connectivity index (χ4n) is 2.25. The lowest BCUT2D eigenvalue weighted by Gasteiger charge is -2.33. The molecule has 0 spiro atoms. The summed E-state index contributed by atoms with van der Waals surface area (Å²) in [5.41, 5.74) is 3.17. The molecule has 0 aromatic carbocycles. The molecule has 0 heterocycles. The molecule has 0 aliphatic carbocycles. The number of nitrogens with zero attached hydrogens (tertiary/aromatic N) is 1. The molecule has 0 aromatic heterocycles. The average Bonchev–Trinajstić information content (AvgIpc) is 2.20. The highest BCUT2D eigenvalue weighted by molar-refractivity contribution is 5.32. The number of carbonyl (C=O) groups excluding carboxylic acids is 1. The summed E-state index contributed by atoms with van der Waals surface area (Å²) in [5.74, 6) is 0. The lowest BCUT2D eigenvalue weighted by Crippen LogP contribution is -2.29. The van der Waals surface area contributed by atoms with Crippen molar-refractivity contribution in [1.29, 1.82) is 0 Å². The third-order valence-electron chi connectivity index (χ3n) is 2.68. The number of hydrogen-bond donors (Lipinski definition) is 1. The Balaban J connectivity index is 4.08. The SMILES string of the molecule is CCONCCC(C)(C)CC(C)(C)CN=C=O. The molecule has 0 aliphatic heterocycles. The van der Waals surface area contributed by atoms with Crippen LogP contribution in [0.4, 0.5) is 0 Å². The first-order valence-corrected chi connectivity index (χ1v) is 6.21. The Labute approximate surface area is 105 Å². The molecular weight excluding hydrogens is 216 g/mol. The van der Waals surface area contributed by atoms with E-state index in [-0.39, 0.29) is 10.8 Å². The lowest BCUT2D eigenvalue weighted by molar-refractivity contribution is 0.0404. The van der Waals surface area contributed by atoms with E-state index in [1.807, 2.05) is 6.92 Å². The summed E-state index contributed by atoms with van der Waals surface area (Å²) >= 11 is 0. The van der Waals surface area contributed by atoms with Gasteiger partial charge in [-0.3, -0.25) is 0 Å². The summed E-state index contributed by atoms with van der Waals surface area (Å²) in [6.07, 6.45) is 3.65. The van der Waals surface area contributed by atoms with Gasteiger partial charge in [0.15, 0.2) is 0 Å². The second-order valence-corrected chi connectivity index (χ2v) is 5.99. The van der Waals surface area contributed by atoms with Gasteiger partial charge in [-0.05, 0) is 30.6 Å². The number of rotatable bonds is 9. The normalized spacial score (nSPS) is 12.3. The van der Waals surface area contributed by atoms with Gasteiger partial charge < -0.3 is 4.84 Å². The first-order chi connectivity index (χ1) is 7.83. The van der Waals surface area contributed by atoms with Gasteiger partial charge in [0, 0.05) is 6.54 Å². The van der Waals surface area contributed by atoms with Crippen LogP contribution in [0.25, 0.3) is 0 Å². The van der Waals surface area contributed by atoms with Gasteiger partial charge in [0.1, 0.15) is 0 Å². The molecule has 0 bridgehead atoms. The van der Waals surface area contributed by atoms with Crippen LogP contribution in [0.5, 0.6) is 0 Å². The van der Waals surface area contributed by atoms with Gasteiger partial charge in [-0.1, -0.05) is 27.7 Å². The van der Waals surface area contributed by atoms with Gasteiger partial charge in [-0.15, -0.1) is 0 Å². The molecule has 0 aliphatic rings. The minimum Gasteiger partial charge on any atom is -0.302 e. The van der Waals surface area contributed by atoms with E-state index < -0.39 is 0 Å². The summed E-state index contributed by atoms with van der Waals surface area (Å²) < 4.78 is 0. The molecule has 0 atom stereocenters. The van der Waals surface area contributed by atoms with Crippen LogP contribution in [0.15, 0.2) is 4.99 Å². The molecule has 1 N–H and O–H groups in total. The van der Waals surface area contributed by atoms with Crippen LogP contribution >= 0.6 is 0 Å². The molecule has 0 aromatic rings. The van der Waals surface area contributed by atoms with Crippen LogP contribution in [-0.4, -0.2) is 25.8 Å². The summed E-state index contributed by atoms with van der Waals surface area (Å²) in [6.45, 7) is 12.7. The summed E-state index contributed by atoms with van der Waals surface area (Å²) in [5, 5.41) is 0. The van der Waals surface area contributed by atoms with Crippen molar-refractivity contribution in [3.05, 3.63) is 0 Å². The quantitative estimate of drug-likeness (QED) is 0.293. The zero-order valence-corrected chi connectivity index (χ0v) is 11.8. The third-order valence-corrected chi connectivity index (χ3v) is 2.68. The zero-order valence-electron chi connectivity index (χ0n) is 11.8. The molecule has 4 heteroatoms. The molecule has 0 saturated heterocycles. The van der Waals surface area contributed by atoms with E-state index in [0.29, 0.717) is 13.2 Å². The molecule has 0 amide bonds. The van der Waals surface area contributed by atoms with Crippen LogP contribution in [0, 0.1) is 10.8 Å². The Kier molecular flexibility index (Phi) is 7.28. The smallest absolute Gasteiger partial charge is 0.234 e. The van der Waals surface area contributed by atoms with Crippen LogP contribution in [0.1, 0.15) is 47.5 Å². The number of isocyanates is 1. The van der Waals surface area contributed by atoms with Crippen molar-refractivity contribution < 1.29 is 9.63 Å². The molecule has 0 fully saturated rings. The Morgan fingerprint density at radius 3 is 2.41 bits per heavy atom. The van der Waals surface area contributed by atoms with Crippen molar-refractivity contribution in [1.82, 2.24) is 5.48 Å². The van der Waals surface area contributed by atoms with Crippen LogP contribution in [0.2, 0.25) is 0 Å². The molecule has 0 unspecified atom stereocenters. The fourth-order valence-corrected chi connectivity index (χ4v) is 2.25. The molecule has 4 nitrogen and oxygen atoms in total. The molecule has 17 heavy (non-hydrogen) atoms. The van der Waals surface area contributed by atoms with Gasteiger partial charge in [0.25, 0.3) is 0 Å². The first-order valence-electron chi connectivity index (χ1n) is 6.21. The van der Waals surface area contributed by atoms with Crippen molar-refractivity contribution in [3.8, 4) is 0 Å². The molecule has 0 rings (SSSR count). The summed E-state index contributed by atoms with van der Waals surface area (Å²) in [6, 6.07) is 0. The van der Waals surface area contributed by atoms with Gasteiger partial charge in [0.2, 0.25) is 6.08 Å². The first kappa shape index (κ1) is 16.3. The topological polar surface area (TPSA) is 50.7 Å². The molecule has 100 valence electrons. The molecule has 0 saturated carbocycles. The molecule has 0 radical (unpaired) electrons. The van der Waals surface area contributed by atoms with E-state index in [0.717, 1.165) is 19.4 Å². The Morgan fingerprint density at radius 1 is 1.24 bits per heavy atom. The maximum atomic E-state index is 10.1. The Hall–Kier alpha value is -0.700. The van der Waals surface area contributed by atoms with Crippen molar-refractivity contribution in [3.63, 3.8) is 0 Å². The monoisotopic (exact) mass is 242 g/mol. The minimum absolute atomic E-state index is 0.0342. The van der Waals surface area contributed by atoms with E-state index in [2.05, 4.69) is 38.2 Å². The average molecular weight is 242 g/mol. The van der Waals surface area contributed by atoms with E-state index in [4.69, 9.17) is 4.84 Å². The second-order valence-electron chi connectivity index (χ2n) is 5.99. The van der Waals surface area contributed by atoms with Crippen LogP contribution in [-0.2, 0) is 9.63 Å². The summed E-state index contributed by atoms with van der Waals surface area (Å²) in [7, 11) is 0. The number of aliphatic imine (C=N–C) groups is 1. The van der Waals surface area contributed by atoms with Crippen molar-refractivity contribution in [2.75, 3.05) is 19.7 Å². The fraction of sp³-hybridized carbons (Fsp3) is 0.923. The van der Waals surface area contributed by atoms with Crippen molar-refractivity contribution >= 4 is 6.08 Å². The maximum Gasteiger partial charge on any atom is 0.234 e. The maximum absolute atomic E-state index is 10.1. The highest BCUT2D eigenvalue weighted by atomic mass is 16.6. The highest BCUT2D eigenvalue weighted by Gasteiger charge is 2.28. The van der Waals surface area contributed by atoms with Gasteiger partial charge in [-0.2, -0.15) is 0 Å². The standard InChI is InChI=1S/C13H26N2O2/c1-6-17-15-8-7-12(2,3)9-13(4,5)10-14-11-16/h15H,6-10H2,1-5H3. The van der Waals surface area contributed by atoms with E-state index in [1.54, 1.807) is 6.08 Å². The van der Waals surface area contributed by atoms with E-state index in [9.17, 15) is 4.79 Å². The number of hydrogen-bond acceptors (Lipinski definition) is 4. The Bertz CT molecular complexity index is 256. The van der Waals surface area contributed by atoms with Crippen LogP contribution in [0.3, 0.4) is 0 Å². The second kappa shape index (κ2) is 7.59. The van der Waals surface area contributed by atoms with Gasteiger partial charge in [0.05, 0.1) is 13.2 Å². The predicted molar refractivity (Wildman–Crippen MR) is 69.4 cm³/mol. The lowest BCUT2D eigenvalue weighted by atomic mass is 9.73. The molecular formula is C13H26N2O2. The minimum atomic E-state index is 0.0342. The third kappa shape index (κ3) is 9.04. The Morgan fingerprint density at radius 2 is 1.88 bits per heavy atom. The summed E-state index contributed by atoms with van der Waals surface area (Å²) in [4.78, 5) is 18.9. The van der Waals surface area contributed by atoms with E-state index in [1.165, 1.54) is 0 Å². The van der Waals surface area contributed by atoms with E-state index >= 15 is 0 Å². The van der Waals surface area contributed by atoms with Crippen molar-refractivity contribution in [2.45, 2.75) is 47.5 Å². The number of nitrogens with one attached hydrogen (secondary N) is 1. The number of hydroxylamine groups is 1. The van der Waals surface area contributed by atoms with Crippen molar-refractivity contribution in [2.24, 2.45) is 15.8 Å². The van der Waals surface area contributed by atoms with Gasteiger partial charge in [-0.25, -0.2) is 15.3 Å². The zero-order chi connectivity index (χ0) is 13.4. The van der Waals surface area contributed by atoms with Gasteiger partial charge >= 0.3 is 0 Å². The predicted octanol–water partition coefficient (Wildman–Crippen LogP) is 2.70. The van der Waals surface area contributed by atoms with Crippen LogP contribution < -0.4 is 5.48 Å². The largest absolute Gasteiger partial charge is 0.302 e.